The summed E-state index contributed by atoms with van der Waals surface area (Å²) < 4.78 is 39.7. The van der Waals surface area contributed by atoms with Crippen LogP contribution in [0.1, 0.15) is 37.8 Å². The van der Waals surface area contributed by atoms with E-state index in [1.807, 2.05) is 6.92 Å². The van der Waals surface area contributed by atoms with Gasteiger partial charge in [-0.1, -0.05) is 13.0 Å². The molecule has 0 aliphatic heterocycles. The van der Waals surface area contributed by atoms with Gasteiger partial charge in [-0.15, -0.1) is 12.3 Å². The van der Waals surface area contributed by atoms with Gasteiger partial charge in [0.2, 0.25) is 0 Å². The summed E-state index contributed by atoms with van der Waals surface area (Å²) in [5.74, 6) is -1.22. The fourth-order valence-corrected chi connectivity index (χ4v) is 1.83. The summed E-state index contributed by atoms with van der Waals surface area (Å²) in [4.78, 5) is 0. The van der Waals surface area contributed by atoms with Crippen molar-refractivity contribution in [1.82, 2.24) is 5.32 Å². The Labute approximate surface area is 105 Å². The second-order valence-corrected chi connectivity index (χ2v) is 3.97. The van der Waals surface area contributed by atoms with Crippen LogP contribution >= 0.6 is 0 Å². The van der Waals surface area contributed by atoms with Crippen LogP contribution in [-0.4, -0.2) is 6.54 Å². The van der Waals surface area contributed by atoms with Crippen molar-refractivity contribution in [2.24, 2.45) is 0 Å². The largest absolute Gasteiger partial charge is 0.310 e. The summed E-state index contributed by atoms with van der Waals surface area (Å²) in [6, 6.07) is 1.87. The first-order valence-corrected chi connectivity index (χ1v) is 5.92. The number of rotatable bonds is 6. The maximum Gasteiger partial charge on any atom is 0.194 e. The predicted octanol–water partition coefficient (Wildman–Crippen LogP) is 3.56. The van der Waals surface area contributed by atoms with Crippen LogP contribution in [0, 0.1) is 29.8 Å². The molecule has 0 saturated heterocycles. The highest BCUT2D eigenvalue weighted by molar-refractivity contribution is 5.23. The molecule has 1 N–H and O–H groups in total. The lowest BCUT2D eigenvalue weighted by Crippen LogP contribution is -2.22. The Hall–Kier alpha value is -1.47. The Bertz CT molecular complexity index is 437. The van der Waals surface area contributed by atoms with Gasteiger partial charge in [0.1, 0.15) is 0 Å². The smallest absolute Gasteiger partial charge is 0.194 e. The molecule has 0 aliphatic carbocycles. The van der Waals surface area contributed by atoms with E-state index in [2.05, 4.69) is 11.2 Å². The third kappa shape index (κ3) is 3.51. The summed E-state index contributed by atoms with van der Waals surface area (Å²) in [7, 11) is 0. The van der Waals surface area contributed by atoms with E-state index in [9.17, 15) is 13.2 Å². The van der Waals surface area contributed by atoms with Gasteiger partial charge in [-0.05, 0) is 25.5 Å². The second kappa shape index (κ2) is 7.07. The fourth-order valence-electron chi connectivity index (χ4n) is 1.83. The lowest BCUT2D eigenvalue weighted by Gasteiger charge is -2.18. The van der Waals surface area contributed by atoms with Crippen molar-refractivity contribution >= 4 is 0 Å². The van der Waals surface area contributed by atoms with E-state index < -0.39 is 17.5 Å². The summed E-state index contributed by atoms with van der Waals surface area (Å²) in [6.45, 7) is 2.48. The van der Waals surface area contributed by atoms with Crippen LogP contribution in [0.15, 0.2) is 12.1 Å². The lowest BCUT2D eigenvalue weighted by molar-refractivity contribution is 0.417. The van der Waals surface area contributed by atoms with Crippen molar-refractivity contribution in [2.75, 3.05) is 6.54 Å². The van der Waals surface area contributed by atoms with E-state index in [4.69, 9.17) is 6.42 Å². The zero-order chi connectivity index (χ0) is 13.5. The molecule has 0 heterocycles. The van der Waals surface area contributed by atoms with Gasteiger partial charge < -0.3 is 5.32 Å². The monoisotopic (exact) mass is 255 g/mol. The Morgan fingerprint density at radius 3 is 2.61 bits per heavy atom. The molecular formula is C14H16F3N. The van der Waals surface area contributed by atoms with E-state index in [-0.39, 0.29) is 11.6 Å². The van der Waals surface area contributed by atoms with Gasteiger partial charge in [0.15, 0.2) is 17.5 Å². The molecule has 18 heavy (non-hydrogen) atoms. The van der Waals surface area contributed by atoms with Crippen molar-refractivity contribution in [2.45, 2.75) is 32.2 Å². The van der Waals surface area contributed by atoms with E-state index in [0.717, 1.165) is 6.07 Å². The maximum absolute atomic E-state index is 13.6. The topological polar surface area (TPSA) is 12.0 Å². The molecule has 1 aromatic rings. The van der Waals surface area contributed by atoms with Gasteiger partial charge in [0.25, 0.3) is 0 Å². The van der Waals surface area contributed by atoms with Gasteiger partial charge >= 0.3 is 0 Å². The maximum atomic E-state index is 13.6. The first-order valence-electron chi connectivity index (χ1n) is 5.92. The molecule has 0 aromatic heterocycles. The standard InChI is InChI=1S/C14H16F3N/c1-3-5-6-7-12(18-4-2)10-8-9-11(15)14(17)13(10)16/h1,8-9,12,18H,4-7H2,2H3. The highest BCUT2D eigenvalue weighted by Crippen LogP contribution is 2.25. The molecule has 0 saturated carbocycles. The van der Waals surface area contributed by atoms with Crippen molar-refractivity contribution in [3.8, 4) is 12.3 Å². The van der Waals surface area contributed by atoms with Gasteiger partial charge in [0.05, 0.1) is 0 Å². The number of benzene rings is 1. The molecule has 1 unspecified atom stereocenters. The molecule has 1 nitrogen and oxygen atoms in total. The van der Waals surface area contributed by atoms with Gasteiger partial charge in [-0.3, -0.25) is 0 Å². The van der Waals surface area contributed by atoms with Crippen LogP contribution < -0.4 is 5.32 Å². The molecule has 0 amide bonds. The Balaban J connectivity index is 2.92. The number of hydrogen-bond donors (Lipinski definition) is 1. The zero-order valence-corrected chi connectivity index (χ0v) is 10.3. The molecule has 98 valence electrons. The van der Waals surface area contributed by atoms with Crippen molar-refractivity contribution in [3.05, 3.63) is 35.1 Å². The SMILES string of the molecule is C#CCCCC(NCC)c1ccc(F)c(F)c1F. The fraction of sp³-hybridized carbons (Fsp3) is 0.429. The van der Waals surface area contributed by atoms with Crippen LogP contribution in [0.4, 0.5) is 13.2 Å². The molecule has 0 bridgehead atoms. The minimum atomic E-state index is -1.42. The molecule has 1 rings (SSSR count). The summed E-state index contributed by atoms with van der Waals surface area (Å²) in [6.07, 6.45) is 7.01. The number of unbranched alkanes of at least 4 members (excludes halogenated alkanes) is 1. The molecule has 0 spiro atoms. The number of nitrogens with one attached hydrogen (secondary N) is 1. The van der Waals surface area contributed by atoms with Gasteiger partial charge in [-0.2, -0.15) is 0 Å². The van der Waals surface area contributed by atoms with E-state index in [0.29, 0.717) is 25.8 Å². The number of halogens is 3. The number of hydrogen-bond acceptors (Lipinski definition) is 1. The van der Waals surface area contributed by atoms with Crippen LogP contribution in [0.5, 0.6) is 0 Å². The average Bonchev–Trinajstić information content (AvgIpc) is 2.36. The van der Waals surface area contributed by atoms with E-state index in [1.54, 1.807) is 0 Å². The molecule has 0 fully saturated rings. The minimum Gasteiger partial charge on any atom is -0.310 e. The number of terminal acetylenes is 1. The van der Waals surface area contributed by atoms with Crippen molar-refractivity contribution < 1.29 is 13.2 Å². The highest BCUT2D eigenvalue weighted by atomic mass is 19.2. The highest BCUT2D eigenvalue weighted by Gasteiger charge is 2.19. The molecule has 0 radical (unpaired) electrons. The normalized spacial score (nSPS) is 12.2. The average molecular weight is 255 g/mol. The molecular weight excluding hydrogens is 239 g/mol. The second-order valence-electron chi connectivity index (χ2n) is 3.97. The first-order chi connectivity index (χ1) is 8.61. The molecule has 0 aliphatic rings. The quantitative estimate of drug-likeness (QED) is 0.465. The minimum absolute atomic E-state index is 0.146. The van der Waals surface area contributed by atoms with E-state index >= 15 is 0 Å². The Morgan fingerprint density at radius 1 is 1.28 bits per heavy atom. The van der Waals surface area contributed by atoms with Crippen molar-refractivity contribution in [3.63, 3.8) is 0 Å². The zero-order valence-electron chi connectivity index (χ0n) is 10.3. The van der Waals surface area contributed by atoms with Gasteiger partial charge in [0, 0.05) is 18.0 Å². The summed E-state index contributed by atoms with van der Waals surface area (Å²) in [5.41, 5.74) is 0.146. The lowest BCUT2D eigenvalue weighted by atomic mass is 10.00. The third-order valence-electron chi connectivity index (χ3n) is 2.70. The van der Waals surface area contributed by atoms with Crippen molar-refractivity contribution in [1.29, 1.82) is 0 Å². The van der Waals surface area contributed by atoms with Crippen LogP contribution in [-0.2, 0) is 0 Å². The third-order valence-corrected chi connectivity index (χ3v) is 2.70. The first kappa shape index (κ1) is 14.6. The summed E-state index contributed by atoms with van der Waals surface area (Å²) in [5, 5.41) is 3.05. The predicted molar refractivity (Wildman–Crippen MR) is 65.4 cm³/mol. The Kier molecular flexibility index (Phi) is 5.73. The molecule has 4 heteroatoms. The molecule has 1 aromatic carbocycles. The van der Waals surface area contributed by atoms with Crippen LogP contribution in [0.25, 0.3) is 0 Å². The Morgan fingerprint density at radius 2 is 2.00 bits per heavy atom. The molecule has 1 atom stereocenters. The van der Waals surface area contributed by atoms with Crippen LogP contribution in [0.2, 0.25) is 0 Å². The van der Waals surface area contributed by atoms with Gasteiger partial charge in [-0.25, -0.2) is 13.2 Å². The van der Waals surface area contributed by atoms with E-state index in [1.165, 1.54) is 6.07 Å². The van der Waals surface area contributed by atoms with Crippen LogP contribution in [0.3, 0.4) is 0 Å². The summed E-state index contributed by atoms with van der Waals surface area (Å²) >= 11 is 0.